The lowest BCUT2D eigenvalue weighted by molar-refractivity contribution is 0.0692. The van der Waals surface area contributed by atoms with E-state index < -0.39 is 5.97 Å². The number of benzene rings is 1. The third kappa shape index (κ3) is 3.83. The van der Waals surface area contributed by atoms with E-state index in [1.54, 1.807) is 37.3 Å². The lowest BCUT2D eigenvalue weighted by Crippen LogP contribution is -2.30. The van der Waals surface area contributed by atoms with Crippen molar-refractivity contribution in [2.75, 3.05) is 13.3 Å². The van der Waals surface area contributed by atoms with E-state index in [9.17, 15) is 9.59 Å². The van der Waals surface area contributed by atoms with Crippen LogP contribution in [0.25, 0.3) is 11.3 Å². The third-order valence-electron chi connectivity index (χ3n) is 3.05. The van der Waals surface area contributed by atoms with Crippen molar-refractivity contribution in [3.8, 4) is 17.0 Å². The van der Waals surface area contributed by atoms with Gasteiger partial charge in [0.25, 0.3) is 5.91 Å². The van der Waals surface area contributed by atoms with Crippen molar-refractivity contribution >= 4 is 11.9 Å². The molecule has 0 fully saturated rings. The van der Waals surface area contributed by atoms with Gasteiger partial charge in [-0.3, -0.25) is 4.79 Å². The Bertz CT molecular complexity index is 731. The minimum absolute atomic E-state index is 0.0204. The SMILES string of the molecule is CCOc1cc(-c2cccc(C(=O)NCN)n2)ccc1C(=O)O. The minimum atomic E-state index is -1.07. The second kappa shape index (κ2) is 7.37. The molecule has 1 aromatic heterocycles. The molecule has 0 spiro atoms. The number of nitrogens with two attached hydrogens (primary N) is 1. The number of nitrogens with one attached hydrogen (secondary N) is 1. The van der Waals surface area contributed by atoms with E-state index in [1.807, 2.05) is 0 Å². The Balaban J connectivity index is 2.42. The van der Waals surface area contributed by atoms with Gasteiger partial charge in [-0.1, -0.05) is 12.1 Å². The predicted octanol–water partition coefficient (Wildman–Crippen LogP) is 1.49. The molecule has 0 aliphatic rings. The molecule has 7 nitrogen and oxygen atoms in total. The molecule has 0 saturated carbocycles. The first-order chi connectivity index (χ1) is 11.1. The molecule has 0 atom stereocenters. The minimum Gasteiger partial charge on any atom is -0.493 e. The van der Waals surface area contributed by atoms with Gasteiger partial charge in [-0.2, -0.15) is 0 Å². The molecule has 0 aliphatic heterocycles. The van der Waals surface area contributed by atoms with E-state index in [4.69, 9.17) is 15.6 Å². The monoisotopic (exact) mass is 315 g/mol. The maximum atomic E-state index is 11.8. The van der Waals surface area contributed by atoms with Gasteiger partial charge in [0.1, 0.15) is 17.0 Å². The number of carbonyl (C=O) groups excluding carboxylic acids is 1. The van der Waals surface area contributed by atoms with Gasteiger partial charge in [0.2, 0.25) is 0 Å². The summed E-state index contributed by atoms with van der Waals surface area (Å²) < 4.78 is 5.37. The van der Waals surface area contributed by atoms with Crippen LogP contribution in [0.1, 0.15) is 27.8 Å². The largest absolute Gasteiger partial charge is 0.493 e. The Labute approximate surface area is 133 Å². The number of hydrogen-bond acceptors (Lipinski definition) is 5. The maximum absolute atomic E-state index is 11.8. The van der Waals surface area contributed by atoms with Crippen LogP contribution < -0.4 is 15.8 Å². The van der Waals surface area contributed by atoms with Gasteiger partial charge < -0.3 is 20.9 Å². The summed E-state index contributed by atoms with van der Waals surface area (Å²) in [6.07, 6.45) is 0. The fourth-order valence-corrected chi connectivity index (χ4v) is 2.04. The summed E-state index contributed by atoms with van der Waals surface area (Å²) in [5.74, 6) is -1.18. The molecule has 4 N–H and O–H groups in total. The number of carboxylic acids is 1. The summed E-state index contributed by atoms with van der Waals surface area (Å²) in [6.45, 7) is 2.14. The first kappa shape index (κ1) is 16.4. The van der Waals surface area contributed by atoms with Crippen LogP contribution in [-0.4, -0.2) is 35.2 Å². The number of pyridine rings is 1. The number of nitrogens with zero attached hydrogens (tertiary/aromatic N) is 1. The normalized spacial score (nSPS) is 10.2. The molecular weight excluding hydrogens is 298 g/mol. The molecule has 2 aromatic rings. The number of carboxylic acid groups (broad SMARTS) is 1. The number of rotatable bonds is 6. The van der Waals surface area contributed by atoms with Crippen molar-refractivity contribution in [2.24, 2.45) is 5.73 Å². The van der Waals surface area contributed by atoms with Crippen molar-refractivity contribution in [3.63, 3.8) is 0 Å². The fraction of sp³-hybridized carbons (Fsp3) is 0.188. The highest BCUT2D eigenvalue weighted by molar-refractivity contribution is 5.93. The molecular formula is C16H17N3O4. The van der Waals surface area contributed by atoms with Crippen LogP contribution in [0.4, 0.5) is 0 Å². The van der Waals surface area contributed by atoms with Crippen LogP contribution in [0.2, 0.25) is 0 Å². The van der Waals surface area contributed by atoms with Crippen LogP contribution in [0, 0.1) is 0 Å². The highest BCUT2D eigenvalue weighted by atomic mass is 16.5. The zero-order valence-corrected chi connectivity index (χ0v) is 12.6. The number of ether oxygens (including phenoxy) is 1. The smallest absolute Gasteiger partial charge is 0.339 e. The van der Waals surface area contributed by atoms with Crippen LogP contribution in [0.3, 0.4) is 0 Å². The topological polar surface area (TPSA) is 115 Å². The summed E-state index contributed by atoms with van der Waals surface area (Å²) in [4.78, 5) is 27.3. The lowest BCUT2D eigenvalue weighted by atomic mass is 10.1. The van der Waals surface area contributed by atoms with E-state index in [1.165, 1.54) is 6.07 Å². The van der Waals surface area contributed by atoms with Gasteiger partial charge >= 0.3 is 5.97 Å². The average molecular weight is 315 g/mol. The molecule has 0 saturated heterocycles. The molecule has 0 aliphatic carbocycles. The van der Waals surface area contributed by atoms with Crippen LogP contribution >= 0.6 is 0 Å². The molecule has 0 radical (unpaired) electrons. The fourth-order valence-electron chi connectivity index (χ4n) is 2.04. The number of aromatic nitrogens is 1. The maximum Gasteiger partial charge on any atom is 0.339 e. The molecule has 1 amide bonds. The number of hydrogen-bond donors (Lipinski definition) is 3. The standard InChI is InChI=1S/C16H17N3O4/c1-2-23-14-8-10(6-7-11(14)16(21)22)12-4-3-5-13(19-12)15(20)18-9-17/h3-8H,2,9,17H2,1H3,(H,18,20)(H,21,22). The van der Waals surface area contributed by atoms with Crippen LogP contribution in [0.15, 0.2) is 36.4 Å². The molecule has 2 rings (SSSR count). The summed E-state index contributed by atoms with van der Waals surface area (Å²) in [7, 11) is 0. The predicted molar refractivity (Wildman–Crippen MR) is 84.3 cm³/mol. The molecule has 7 heteroatoms. The molecule has 0 unspecified atom stereocenters. The first-order valence-corrected chi connectivity index (χ1v) is 7.02. The van der Waals surface area contributed by atoms with Gasteiger partial charge in [-0.05, 0) is 31.2 Å². The summed E-state index contributed by atoms with van der Waals surface area (Å²) in [5, 5.41) is 11.6. The van der Waals surface area contributed by atoms with E-state index >= 15 is 0 Å². The summed E-state index contributed by atoms with van der Waals surface area (Å²) in [6, 6.07) is 9.67. The highest BCUT2D eigenvalue weighted by Crippen LogP contribution is 2.26. The Morgan fingerprint density at radius 3 is 2.74 bits per heavy atom. The van der Waals surface area contributed by atoms with Crippen LogP contribution in [-0.2, 0) is 0 Å². The lowest BCUT2D eigenvalue weighted by Gasteiger charge is -2.10. The van der Waals surface area contributed by atoms with E-state index in [0.29, 0.717) is 17.9 Å². The summed E-state index contributed by atoms with van der Waals surface area (Å²) in [5.41, 5.74) is 6.78. The summed E-state index contributed by atoms with van der Waals surface area (Å²) >= 11 is 0. The molecule has 23 heavy (non-hydrogen) atoms. The van der Waals surface area contributed by atoms with Gasteiger partial charge in [0.05, 0.1) is 19.0 Å². The van der Waals surface area contributed by atoms with E-state index in [0.717, 1.165) is 0 Å². The van der Waals surface area contributed by atoms with Crippen molar-refractivity contribution in [1.82, 2.24) is 10.3 Å². The number of carbonyl (C=O) groups is 2. The Morgan fingerprint density at radius 2 is 2.09 bits per heavy atom. The Kier molecular flexibility index (Phi) is 5.27. The second-order valence-corrected chi connectivity index (χ2v) is 4.57. The van der Waals surface area contributed by atoms with Gasteiger partial charge in [0, 0.05) is 5.56 Å². The van der Waals surface area contributed by atoms with Gasteiger partial charge in [0.15, 0.2) is 0 Å². The molecule has 1 aromatic carbocycles. The molecule has 1 heterocycles. The van der Waals surface area contributed by atoms with Crippen molar-refractivity contribution in [2.45, 2.75) is 6.92 Å². The Hall–Kier alpha value is -2.93. The zero-order chi connectivity index (χ0) is 16.8. The zero-order valence-electron chi connectivity index (χ0n) is 12.6. The Morgan fingerprint density at radius 1 is 1.30 bits per heavy atom. The van der Waals surface area contributed by atoms with Crippen molar-refractivity contribution < 1.29 is 19.4 Å². The number of aromatic carboxylic acids is 1. The van der Waals surface area contributed by atoms with Crippen LogP contribution in [0.5, 0.6) is 5.75 Å². The van der Waals surface area contributed by atoms with Crippen molar-refractivity contribution in [3.05, 3.63) is 47.7 Å². The third-order valence-corrected chi connectivity index (χ3v) is 3.05. The molecule has 120 valence electrons. The van der Waals surface area contributed by atoms with Gasteiger partial charge in [-0.15, -0.1) is 0 Å². The second-order valence-electron chi connectivity index (χ2n) is 4.57. The number of amides is 1. The van der Waals surface area contributed by atoms with Gasteiger partial charge in [-0.25, -0.2) is 9.78 Å². The highest BCUT2D eigenvalue weighted by Gasteiger charge is 2.14. The van der Waals surface area contributed by atoms with E-state index in [2.05, 4.69) is 10.3 Å². The quantitative estimate of drug-likeness (QED) is 0.696. The molecule has 0 bridgehead atoms. The van der Waals surface area contributed by atoms with Crippen molar-refractivity contribution in [1.29, 1.82) is 0 Å². The average Bonchev–Trinajstić information content (AvgIpc) is 2.55. The van der Waals surface area contributed by atoms with E-state index in [-0.39, 0.29) is 29.6 Å². The first-order valence-electron chi connectivity index (χ1n) is 7.02.